The average Bonchev–Trinajstić information content (AvgIpc) is 2.70. The summed E-state index contributed by atoms with van der Waals surface area (Å²) in [6, 6.07) is 3.24. The van der Waals surface area contributed by atoms with Crippen molar-refractivity contribution in [2.45, 2.75) is 51.7 Å². The van der Waals surface area contributed by atoms with Crippen molar-refractivity contribution in [3.8, 4) is 5.75 Å². The third kappa shape index (κ3) is 8.08. The fourth-order valence-corrected chi connectivity index (χ4v) is 2.61. The number of hydrogen-bond donors (Lipinski definition) is 6. The number of hydrogen-bond acceptors (Lipinski definition) is 6. The Hall–Kier alpha value is -3.14. The van der Waals surface area contributed by atoms with Crippen LogP contribution in [0.3, 0.4) is 0 Å². The van der Waals surface area contributed by atoms with Gasteiger partial charge < -0.3 is 31.9 Å². The van der Waals surface area contributed by atoms with E-state index in [0.29, 0.717) is 12.0 Å². The number of carbonyl (C=O) groups excluding carboxylic acids is 3. The molecular weight excluding hydrogens is 392 g/mol. The van der Waals surface area contributed by atoms with Gasteiger partial charge in [0.15, 0.2) is 0 Å². The van der Waals surface area contributed by atoms with E-state index in [0.717, 1.165) is 0 Å². The number of nitrogens with one attached hydrogen (secondary N) is 3. The van der Waals surface area contributed by atoms with E-state index in [4.69, 9.17) is 10.8 Å². The van der Waals surface area contributed by atoms with Crippen LogP contribution in [0.15, 0.2) is 24.3 Å². The van der Waals surface area contributed by atoms with Crippen LogP contribution in [0.5, 0.6) is 5.75 Å². The van der Waals surface area contributed by atoms with Gasteiger partial charge in [0.05, 0.1) is 6.04 Å². The predicted octanol–water partition coefficient (Wildman–Crippen LogP) is -0.502. The van der Waals surface area contributed by atoms with E-state index in [1.165, 1.54) is 19.1 Å². The quantitative estimate of drug-likeness (QED) is 0.279. The maximum atomic E-state index is 12.9. The van der Waals surface area contributed by atoms with Crippen LogP contribution in [0, 0.1) is 5.92 Å². The highest BCUT2D eigenvalue weighted by molar-refractivity contribution is 5.93. The molecule has 0 aliphatic rings. The first-order valence-corrected chi connectivity index (χ1v) is 9.68. The predicted molar refractivity (Wildman–Crippen MR) is 109 cm³/mol. The topological polar surface area (TPSA) is 171 Å². The van der Waals surface area contributed by atoms with Gasteiger partial charge >= 0.3 is 5.97 Å². The fraction of sp³-hybridized carbons (Fsp3) is 0.500. The molecular formula is C20H30N4O6. The zero-order valence-corrected chi connectivity index (χ0v) is 17.3. The van der Waals surface area contributed by atoms with Crippen molar-refractivity contribution in [3.05, 3.63) is 29.8 Å². The Morgan fingerprint density at radius 1 is 1.00 bits per heavy atom. The monoisotopic (exact) mass is 422 g/mol. The normalized spacial score (nSPS) is 14.7. The number of rotatable bonds is 11. The van der Waals surface area contributed by atoms with E-state index in [1.54, 1.807) is 19.1 Å². The Labute approximate surface area is 175 Å². The van der Waals surface area contributed by atoms with Crippen molar-refractivity contribution < 1.29 is 29.4 Å². The van der Waals surface area contributed by atoms with Crippen molar-refractivity contribution in [1.29, 1.82) is 0 Å². The van der Waals surface area contributed by atoms with Crippen molar-refractivity contribution >= 4 is 23.7 Å². The number of phenolic OH excluding ortho intramolecular Hbond substituents is 1. The van der Waals surface area contributed by atoms with Gasteiger partial charge in [-0.05, 0) is 30.5 Å². The van der Waals surface area contributed by atoms with Gasteiger partial charge in [0.25, 0.3) is 0 Å². The summed E-state index contributed by atoms with van der Waals surface area (Å²) in [5.41, 5.74) is 6.22. The summed E-state index contributed by atoms with van der Waals surface area (Å²) < 4.78 is 0. The summed E-state index contributed by atoms with van der Waals surface area (Å²) >= 11 is 0. The lowest BCUT2D eigenvalue weighted by atomic mass is 9.97. The van der Waals surface area contributed by atoms with Crippen LogP contribution >= 0.6 is 0 Å². The summed E-state index contributed by atoms with van der Waals surface area (Å²) in [4.78, 5) is 48.2. The maximum Gasteiger partial charge on any atom is 0.322 e. The molecule has 0 saturated heterocycles. The molecule has 166 valence electrons. The van der Waals surface area contributed by atoms with Crippen LogP contribution < -0.4 is 21.7 Å². The number of carboxylic acid groups (broad SMARTS) is 1. The van der Waals surface area contributed by atoms with E-state index < -0.39 is 48.4 Å². The molecule has 7 N–H and O–H groups in total. The molecule has 4 unspecified atom stereocenters. The zero-order valence-electron chi connectivity index (χ0n) is 17.3. The van der Waals surface area contributed by atoms with Crippen LogP contribution in [0.1, 0.15) is 32.8 Å². The molecule has 0 aromatic heterocycles. The lowest BCUT2D eigenvalue weighted by Crippen LogP contribution is -2.58. The summed E-state index contributed by atoms with van der Waals surface area (Å²) in [6.07, 6.45) is 0.650. The Bertz CT molecular complexity index is 750. The van der Waals surface area contributed by atoms with Gasteiger partial charge in [-0.2, -0.15) is 0 Å². The number of aliphatic carboxylic acids is 1. The van der Waals surface area contributed by atoms with Gasteiger partial charge in [0.1, 0.15) is 24.4 Å². The smallest absolute Gasteiger partial charge is 0.322 e. The fourth-order valence-electron chi connectivity index (χ4n) is 2.61. The molecule has 1 aromatic rings. The number of phenols is 1. The maximum absolute atomic E-state index is 12.9. The molecule has 0 radical (unpaired) electrons. The molecule has 1 rings (SSSR count). The van der Waals surface area contributed by atoms with Gasteiger partial charge in [-0.1, -0.05) is 32.4 Å². The minimum atomic E-state index is -1.22. The number of carbonyl (C=O) groups is 4. The lowest BCUT2D eigenvalue weighted by molar-refractivity contribution is -0.138. The molecule has 0 aliphatic carbocycles. The van der Waals surface area contributed by atoms with E-state index in [1.807, 2.05) is 6.92 Å². The van der Waals surface area contributed by atoms with Crippen molar-refractivity contribution in [1.82, 2.24) is 16.0 Å². The first-order valence-electron chi connectivity index (χ1n) is 9.68. The summed E-state index contributed by atoms with van der Waals surface area (Å²) in [7, 11) is 0. The highest BCUT2D eigenvalue weighted by Gasteiger charge is 2.30. The minimum absolute atomic E-state index is 0.0464. The number of aromatic hydroxyl groups is 1. The Morgan fingerprint density at radius 3 is 2.10 bits per heavy atom. The Balaban J connectivity index is 3.03. The number of benzene rings is 1. The molecule has 4 atom stereocenters. The largest absolute Gasteiger partial charge is 0.508 e. The van der Waals surface area contributed by atoms with Crippen LogP contribution in [-0.4, -0.2) is 58.6 Å². The molecule has 1 aromatic carbocycles. The molecule has 0 aliphatic heterocycles. The van der Waals surface area contributed by atoms with Crippen LogP contribution in [0.25, 0.3) is 0 Å². The van der Waals surface area contributed by atoms with Gasteiger partial charge in [-0.3, -0.25) is 19.2 Å². The third-order valence-electron chi connectivity index (χ3n) is 4.63. The van der Waals surface area contributed by atoms with Gasteiger partial charge in [0.2, 0.25) is 17.7 Å². The third-order valence-corrected chi connectivity index (χ3v) is 4.63. The second-order valence-electron chi connectivity index (χ2n) is 7.20. The second-order valence-corrected chi connectivity index (χ2v) is 7.20. The zero-order chi connectivity index (χ0) is 22.8. The number of amides is 3. The Kier molecular flexibility index (Phi) is 9.76. The standard InChI is InChI=1S/C20H30N4O6/c1-4-11(2)17(24-18(28)12(3)21)20(30)23-15(19(29)22-10-16(26)27)9-13-5-7-14(25)8-6-13/h5-8,11-12,15,17,25H,4,9-10,21H2,1-3H3,(H,22,29)(H,23,30)(H,24,28)(H,26,27). The summed E-state index contributed by atoms with van der Waals surface area (Å²) in [5.74, 6) is -3.16. The second kappa shape index (κ2) is 11.8. The lowest BCUT2D eigenvalue weighted by Gasteiger charge is -2.27. The average molecular weight is 422 g/mol. The molecule has 0 fully saturated rings. The van der Waals surface area contributed by atoms with Gasteiger partial charge in [-0.15, -0.1) is 0 Å². The SMILES string of the molecule is CCC(C)C(NC(=O)C(C)N)C(=O)NC(Cc1ccc(O)cc1)C(=O)NCC(=O)O. The van der Waals surface area contributed by atoms with Crippen LogP contribution in [0.4, 0.5) is 0 Å². The van der Waals surface area contributed by atoms with Crippen molar-refractivity contribution in [2.75, 3.05) is 6.54 Å². The van der Waals surface area contributed by atoms with E-state index in [9.17, 15) is 24.3 Å². The summed E-state index contributed by atoms with van der Waals surface area (Å²) in [6.45, 7) is 4.53. The molecule has 30 heavy (non-hydrogen) atoms. The van der Waals surface area contributed by atoms with E-state index >= 15 is 0 Å². The highest BCUT2D eigenvalue weighted by atomic mass is 16.4. The minimum Gasteiger partial charge on any atom is -0.508 e. The molecule has 0 bridgehead atoms. The van der Waals surface area contributed by atoms with E-state index in [-0.39, 0.29) is 18.1 Å². The molecule has 0 saturated carbocycles. The van der Waals surface area contributed by atoms with Gasteiger partial charge in [0, 0.05) is 6.42 Å². The Morgan fingerprint density at radius 2 is 1.60 bits per heavy atom. The molecule has 0 spiro atoms. The van der Waals surface area contributed by atoms with Crippen molar-refractivity contribution in [3.63, 3.8) is 0 Å². The highest BCUT2D eigenvalue weighted by Crippen LogP contribution is 2.13. The molecule has 3 amide bonds. The summed E-state index contributed by atoms with van der Waals surface area (Å²) in [5, 5.41) is 25.7. The molecule has 10 nitrogen and oxygen atoms in total. The van der Waals surface area contributed by atoms with Crippen LogP contribution in [0.2, 0.25) is 0 Å². The van der Waals surface area contributed by atoms with Crippen LogP contribution in [-0.2, 0) is 25.6 Å². The van der Waals surface area contributed by atoms with Gasteiger partial charge in [-0.25, -0.2) is 0 Å². The number of nitrogens with two attached hydrogens (primary N) is 1. The number of carboxylic acids is 1. The molecule has 10 heteroatoms. The van der Waals surface area contributed by atoms with E-state index in [2.05, 4.69) is 16.0 Å². The van der Waals surface area contributed by atoms with Crippen molar-refractivity contribution in [2.24, 2.45) is 11.7 Å². The molecule has 0 heterocycles. The first kappa shape index (κ1) is 24.9. The first-order chi connectivity index (χ1) is 14.0.